The molecular weight excluding hydrogens is 252 g/mol. The fourth-order valence-corrected chi connectivity index (χ4v) is 3.91. The monoisotopic (exact) mass is 272 g/mol. The molecule has 18 heavy (non-hydrogen) atoms. The van der Waals surface area contributed by atoms with E-state index in [0.29, 0.717) is 17.9 Å². The molecule has 1 atom stereocenters. The van der Waals surface area contributed by atoms with Crippen molar-refractivity contribution in [2.75, 3.05) is 13.1 Å². The van der Waals surface area contributed by atoms with Crippen molar-refractivity contribution in [3.8, 4) is 0 Å². The molecule has 0 bridgehead atoms. The molecule has 0 radical (unpaired) electrons. The van der Waals surface area contributed by atoms with Crippen LogP contribution in [0.2, 0.25) is 0 Å². The van der Waals surface area contributed by atoms with Crippen LogP contribution in [0.3, 0.4) is 0 Å². The molecule has 3 N–H and O–H groups in total. The third kappa shape index (κ3) is 2.57. The Hall–Kier alpha value is -0.920. The average molecular weight is 272 g/mol. The molecule has 1 aliphatic rings. The van der Waals surface area contributed by atoms with Gasteiger partial charge in [-0.1, -0.05) is 0 Å². The molecule has 1 fully saturated rings. The highest BCUT2D eigenvalue weighted by molar-refractivity contribution is 7.89. The molecule has 0 aliphatic carbocycles. The second-order valence-corrected chi connectivity index (χ2v) is 6.88. The number of hydrogen-bond donors (Lipinski definition) is 3. The zero-order chi connectivity index (χ0) is 13.4. The Morgan fingerprint density at radius 3 is 2.67 bits per heavy atom. The lowest BCUT2D eigenvalue weighted by molar-refractivity contribution is 0.409. The molecule has 1 saturated heterocycles. The molecule has 2 rings (SSSR count). The van der Waals surface area contributed by atoms with Crippen LogP contribution in [0.15, 0.2) is 4.90 Å². The van der Waals surface area contributed by atoms with Crippen molar-refractivity contribution in [3.63, 3.8) is 0 Å². The van der Waals surface area contributed by atoms with E-state index in [9.17, 15) is 8.42 Å². The molecule has 0 aromatic carbocycles. The highest BCUT2D eigenvalue weighted by Gasteiger charge is 2.31. The van der Waals surface area contributed by atoms with Crippen LogP contribution in [-0.4, -0.2) is 37.2 Å². The van der Waals surface area contributed by atoms with Gasteiger partial charge in [0.25, 0.3) is 0 Å². The summed E-state index contributed by atoms with van der Waals surface area (Å²) in [6, 6.07) is 0. The molecule has 1 unspecified atom stereocenters. The number of nitrogens with zero attached hydrogens (tertiary/aromatic N) is 1. The number of aromatic nitrogens is 2. The first-order valence-electron chi connectivity index (χ1n) is 6.10. The number of hydrogen-bond acceptors (Lipinski definition) is 4. The molecule has 2 heterocycles. The van der Waals surface area contributed by atoms with Crippen molar-refractivity contribution < 1.29 is 8.42 Å². The Morgan fingerprint density at radius 2 is 2.17 bits per heavy atom. The molecule has 7 heteroatoms. The summed E-state index contributed by atoms with van der Waals surface area (Å²) >= 11 is 0. The minimum atomic E-state index is -3.49. The first kappa shape index (κ1) is 13.5. The Labute approximate surface area is 108 Å². The highest BCUT2D eigenvalue weighted by atomic mass is 32.2. The third-order valence-electron chi connectivity index (χ3n) is 3.44. The lowest BCUT2D eigenvalue weighted by atomic mass is 10.0. The van der Waals surface area contributed by atoms with Crippen LogP contribution in [0.25, 0.3) is 0 Å². The maximum atomic E-state index is 12.2. The molecule has 1 aromatic heterocycles. The van der Waals surface area contributed by atoms with Gasteiger partial charge in [-0.15, -0.1) is 0 Å². The molecule has 6 nitrogen and oxygen atoms in total. The maximum Gasteiger partial charge on any atom is 0.244 e. The smallest absolute Gasteiger partial charge is 0.244 e. The van der Waals surface area contributed by atoms with Crippen LogP contribution in [0.5, 0.6) is 0 Å². The highest BCUT2D eigenvalue weighted by Crippen LogP contribution is 2.20. The first-order chi connectivity index (χ1) is 8.34. The fraction of sp³-hybridized carbons (Fsp3) is 0.727. The third-order valence-corrected chi connectivity index (χ3v) is 5.10. The van der Waals surface area contributed by atoms with Gasteiger partial charge in [0.2, 0.25) is 10.0 Å². The summed E-state index contributed by atoms with van der Waals surface area (Å²) in [4.78, 5) is 0.268. The second-order valence-electron chi connectivity index (χ2n) is 5.18. The minimum Gasteiger partial charge on any atom is -0.310 e. The summed E-state index contributed by atoms with van der Waals surface area (Å²) in [6.45, 7) is 6.79. The second kappa shape index (κ2) is 4.64. The largest absolute Gasteiger partial charge is 0.310 e. The van der Waals surface area contributed by atoms with Gasteiger partial charge in [0.05, 0.1) is 11.4 Å². The molecule has 1 aliphatic heterocycles. The van der Waals surface area contributed by atoms with Crippen molar-refractivity contribution in [1.82, 2.24) is 20.2 Å². The van der Waals surface area contributed by atoms with E-state index in [1.807, 2.05) is 6.92 Å². The van der Waals surface area contributed by atoms with Crippen molar-refractivity contribution >= 4 is 10.0 Å². The van der Waals surface area contributed by atoms with Crippen molar-refractivity contribution in [3.05, 3.63) is 11.4 Å². The van der Waals surface area contributed by atoms with Crippen LogP contribution < -0.4 is 10.0 Å². The summed E-state index contributed by atoms with van der Waals surface area (Å²) < 4.78 is 27.1. The standard InChI is InChI=1S/C11H20N4O2S/c1-8-10(9(2)15-14-8)18(16,17)13-7-11(3)5-4-6-12-11/h12-13H,4-7H2,1-3H3,(H,14,15). The predicted molar refractivity (Wildman–Crippen MR) is 68.9 cm³/mol. The Kier molecular flexibility index (Phi) is 3.48. The molecule has 0 spiro atoms. The topological polar surface area (TPSA) is 86.9 Å². The van der Waals surface area contributed by atoms with Crippen LogP contribution in [-0.2, 0) is 10.0 Å². The van der Waals surface area contributed by atoms with Gasteiger partial charge in [0.15, 0.2) is 0 Å². The normalized spacial score (nSPS) is 24.6. The van der Waals surface area contributed by atoms with E-state index in [4.69, 9.17) is 0 Å². The van der Waals surface area contributed by atoms with Gasteiger partial charge in [-0.3, -0.25) is 5.10 Å². The molecular formula is C11H20N4O2S. The van der Waals surface area contributed by atoms with Crippen LogP contribution in [0.4, 0.5) is 0 Å². The van der Waals surface area contributed by atoms with Gasteiger partial charge >= 0.3 is 0 Å². The summed E-state index contributed by atoms with van der Waals surface area (Å²) in [6.07, 6.45) is 2.07. The molecule has 1 aromatic rings. The number of rotatable bonds is 4. The van der Waals surface area contributed by atoms with Gasteiger partial charge in [0.1, 0.15) is 4.90 Å². The van der Waals surface area contributed by atoms with Gasteiger partial charge in [-0.2, -0.15) is 5.10 Å². The van der Waals surface area contributed by atoms with E-state index in [0.717, 1.165) is 19.4 Å². The number of nitrogens with one attached hydrogen (secondary N) is 3. The van der Waals surface area contributed by atoms with Crippen molar-refractivity contribution in [1.29, 1.82) is 0 Å². The predicted octanol–water partition coefficient (Wildman–Crippen LogP) is 0.447. The number of H-pyrrole nitrogens is 1. The van der Waals surface area contributed by atoms with E-state index in [1.54, 1.807) is 13.8 Å². The van der Waals surface area contributed by atoms with E-state index < -0.39 is 10.0 Å². The van der Waals surface area contributed by atoms with Crippen molar-refractivity contribution in [2.45, 2.75) is 44.0 Å². The summed E-state index contributed by atoms with van der Waals surface area (Å²) in [5, 5.41) is 9.95. The maximum absolute atomic E-state index is 12.2. The summed E-state index contributed by atoms with van der Waals surface area (Å²) in [5.41, 5.74) is 0.938. The van der Waals surface area contributed by atoms with Gasteiger partial charge in [-0.05, 0) is 40.2 Å². The number of aromatic amines is 1. The minimum absolute atomic E-state index is 0.140. The van der Waals surface area contributed by atoms with Gasteiger partial charge in [-0.25, -0.2) is 13.1 Å². The summed E-state index contributed by atoms with van der Waals surface area (Å²) in [5.74, 6) is 0. The first-order valence-corrected chi connectivity index (χ1v) is 7.59. The van der Waals surface area contributed by atoms with Crippen molar-refractivity contribution in [2.24, 2.45) is 0 Å². The number of aryl methyl sites for hydroxylation is 2. The van der Waals surface area contributed by atoms with Gasteiger partial charge < -0.3 is 5.32 Å². The Balaban J connectivity index is 2.13. The van der Waals surface area contributed by atoms with Gasteiger partial charge in [0, 0.05) is 12.1 Å². The van der Waals surface area contributed by atoms with Crippen LogP contribution >= 0.6 is 0 Å². The van der Waals surface area contributed by atoms with Crippen LogP contribution in [0.1, 0.15) is 31.2 Å². The van der Waals surface area contributed by atoms with E-state index in [2.05, 4.69) is 20.2 Å². The lowest BCUT2D eigenvalue weighted by Crippen LogP contribution is -2.47. The number of sulfonamides is 1. The Bertz CT molecular complexity index is 510. The lowest BCUT2D eigenvalue weighted by Gasteiger charge is -2.24. The molecule has 0 amide bonds. The fourth-order valence-electron chi connectivity index (χ4n) is 2.37. The molecule has 102 valence electrons. The zero-order valence-corrected chi connectivity index (χ0v) is 11.8. The average Bonchev–Trinajstić information content (AvgIpc) is 2.85. The summed E-state index contributed by atoms with van der Waals surface area (Å²) in [7, 11) is -3.49. The van der Waals surface area contributed by atoms with E-state index >= 15 is 0 Å². The van der Waals surface area contributed by atoms with Crippen LogP contribution in [0, 0.1) is 13.8 Å². The quantitative estimate of drug-likeness (QED) is 0.742. The van der Waals surface area contributed by atoms with E-state index in [1.165, 1.54) is 0 Å². The Morgan fingerprint density at radius 1 is 1.44 bits per heavy atom. The van der Waals surface area contributed by atoms with E-state index in [-0.39, 0.29) is 10.4 Å². The molecule has 0 saturated carbocycles. The SMILES string of the molecule is Cc1n[nH]c(C)c1S(=O)(=O)NCC1(C)CCCN1. The zero-order valence-electron chi connectivity index (χ0n) is 11.0.